The van der Waals surface area contributed by atoms with Crippen molar-refractivity contribution in [1.82, 2.24) is 0 Å². The highest BCUT2D eigenvalue weighted by Crippen LogP contribution is 3.06. The molecule has 2 aliphatic heterocycles. The molecule has 0 radical (unpaired) electrons. The van der Waals surface area contributed by atoms with Crippen LogP contribution in [0.15, 0.2) is 50.6 Å². The van der Waals surface area contributed by atoms with Gasteiger partial charge in [0, 0.05) is 22.7 Å². The standard InChI is InChI=1S/C27H34O2/c1-5-11-24-19-17-21-22-18(23(17)14-9-10-15-23)20(19)25(24,12-6-2)27(22,28-16-8-4)29-26(21,24)13-7-3/h5-8,17-22H,1-4,9-16H2/t17?,18?,19?,20?,21?,22?,24-,25+,26-,27+/m0/s1. The second-order valence-corrected chi connectivity index (χ2v) is 11.3. The molecule has 2 heterocycles. The van der Waals surface area contributed by atoms with Crippen LogP contribution in [0.1, 0.15) is 44.9 Å². The Balaban J connectivity index is 1.54. The molecule has 6 saturated carbocycles. The van der Waals surface area contributed by atoms with Gasteiger partial charge < -0.3 is 9.47 Å². The molecule has 29 heavy (non-hydrogen) atoms. The first kappa shape index (κ1) is 17.5. The second-order valence-electron chi connectivity index (χ2n) is 11.3. The molecule has 6 aliphatic carbocycles. The molecule has 2 saturated heterocycles. The van der Waals surface area contributed by atoms with Gasteiger partial charge in [0.05, 0.1) is 12.2 Å². The van der Waals surface area contributed by atoms with Gasteiger partial charge in [-0.05, 0) is 61.2 Å². The van der Waals surface area contributed by atoms with Gasteiger partial charge in [-0.2, -0.15) is 0 Å². The molecule has 1 spiro atoms. The van der Waals surface area contributed by atoms with Gasteiger partial charge in [0.2, 0.25) is 0 Å². The van der Waals surface area contributed by atoms with Crippen LogP contribution in [0, 0.1) is 51.8 Å². The van der Waals surface area contributed by atoms with E-state index in [1.807, 2.05) is 6.08 Å². The average molecular weight is 391 g/mol. The van der Waals surface area contributed by atoms with Gasteiger partial charge in [0.25, 0.3) is 0 Å². The van der Waals surface area contributed by atoms with Crippen LogP contribution in [0.25, 0.3) is 0 Å². The van der Waals surface area contributed by atoms with E-state index in [0.29, 0.717) is 23.9 Å². The van der Waals surface area contributed by atoms with Crippen LogP contribution >= 0.6 is 0 Å². The maximum Gasteiger partial charge on any atom is 0.179 e. The smallest absolute Gasteiger partial charge is 0.179 e. The monoisotopic (exact) mass is 390 g/mol. The molecule has 2 heteroatoms. The first-order chi connectivity index (χ1) is 14.1. The van der Waals surface area contributed by atoms with Crippen LogP contribution in [0.3, 0.4) is 0 Å². The third-order valence-corrected chi connectivity index (χ3v) is 11.6. The largest absolute Gasteiger partial charge is 0.345 e. The number of allylic oxidation sites excluding steroid dienone is 2. The minimum atomic E-state index is -0.446. The molecular weight excluding hydrogens is 356 g/mol. The molecular formula is C27H34O2. The van der Waals surface area contributed by atoms with E-state index in [9.17, 15) is 0 Å². The fourth-order valence-corrected chi connectivity index (χ4v) is 12.3. The topological polar surface area (TPSA) is 18.5 Å². The highest BCUT2D eigenvalue weighted by atomic mass is 16.7. The summed E-state index contributed by atoms with van der Waals surface area (Å²) in [6, 6.07) is 0. The van der Waals surface area contributed by atoms with E-state index in [1.165, 1.54) is 25.7 Å². The SMILES string of the molecule is C=CCO[C@@]12O[C@@]3(CC=C)C4C5C6C(C(C41)C51CCCC1)[C@]2(CC=C)[C@]63CC=C. The molecule has 0 aromatic heterocycles. The Morgan fingerprint density at radius 2 is 1.34 bits per heavy atom. The zero-order valence-corrected chi connectivity index (χ0v) is 17.6. The Kier molecular flexibility index (Phi) is 2.94. The van der Waals surface area contributed by atoms with Crippen molar-refractivity contribution in [2.75, 3.05) is 6.61 Å². The van der Waals surface area contributed by atoms with Gasteiger partial charge >= 0.3 is 0 Å². The zero-order chi connectivity index (χ0) is 19.9. The Bertz CT molecular complexity index is 853. The van der Waals surface area contributed by atoms with Crippen molar-refractivity contribution in [3.05, 3.63) is 50.6 Å². The summed E-state index contributed by atoms with van der Waals surface area (Å²) < 4.78 is 14.2. The fourth-order valence-electron chi connectivity index (χ4n) is 12.3. The zero-order valence-electron chi connectivity index (χ0n) is 17.6. The number of ether oxygens (including phenoxy) is 2. The lowest BCUT2D eigenvalue weighted by Gasteiger charge is -2.67. The van der Waals surface area contributed by atoms with Crippen LogP contribution < -0.4 is 0 Å². The lowest BCUT2D eigenvalue weighted by molar-refractivity contribution is -0.286. The van der Waals surface area contributed by atoms with E-state index in [-0.39, 0.29) is 16.4 Å². The normalized spacial score (nSPS) is 59.7. The van der Waals surface area contributed by atoms with Gasteiger partial charge in [-0.25, -0.2) is 0 Å². The van der Waals surface area contributed by atoms with E-state index in [1.54, 1.807) is 0 Å². The number of hydrogen-bond acceptors (Lipinski definition) is 2. The molecule has 6 unspecified atom stereocenters. The lowest BCUT2D eigenvalue weighted by atomic mass is 9.35. The molecule has 154 valence electrons. The van der Waals surface area contributed by atoms with Crippen LogP contribution in [-0.4, -0.2) is 18.0 Å². The highest BCUT2D eigenvalue weighted by Gasteiger charge is 3.09. The van der Waals surface area contributed by atoms with E-state index < -0.39 is 5.79 Å². The Hall–Kier alpha value is -1.12. The third-order valence-electron chi connectivity index (χ3n) is 11.6. The van der Waals surface area contributed by atoms with E-state index in [0.717, 1.165) is 42.9 Å². The van der Waals surface area contributed by atoms with Crippen molar-refractivity contribution in [2.24, 2.45) is 51.8 Å². The molecule has 8 aliphatic rings. The number of rotatable bonds is 9. The summed E-state index contributed by atoms with van der Waals surface area (Å²) in [7, 11) is 0. The summed E-state index contributed by atoms with van der Waals surface area (Å²) in [5.74, 6) is 3.94. The minimum Gasteiger partial charge on any atom is -0.345 e. The molecule has 8 fully saturated rings. The van der Waals surface area contributed by atoms with Gasteiger partial charge in [-0.1, -0.05) is 37.1 Å². The third kappa shape index (κ3) is 1.20. The summed E-state index contributed by atoms with van der Waals surface area (Å²) in [5, 5.41) is 0. The van der Waals surface area contributed by atoms with Crippen molar-refractivity contribution in [1.29, 1.82) is 0 Å². The Labute approximate surface area is 175 Å². The molecule has 0 aromatic rings. The van der Waals surface area contributed by atoms with Gasteiger partial charge in [-0.3, -0.25) is 0 Å². The van der Waals surface area contributed by atoms with E-state index in [4.69, 9.17) is 9.47 Å². The predicted octanol–water partition coefficient (Wildman–Crippen LogP) is 5.68. The quantitative estimate of drug-likeness (QED) is 0.472. The highest BCUT2D eigenvalue weighted by molar-refractivity contribution is 5.54. The maximum absolute atomic E-state index is 7.36. The van der Waals surface area contributed by atoms with Crippen molar-refractivity contribution >= 4 is 0 Å². The average Bonchev–Trinajstić information content (AvgIpc) is 3.47. The van der Waals surface area contributed by atoms with Crippen molar-refractivity contribution in [2.45, 2.75) is 56.3 Å². The molecule has 0 N–H and O–H groups in total. The van der Waals surface area contributed by atoms with Gasteiger partial charge in [0.15, 0.2) is 5.79 Å². The van der Waals surface area contributed by atoms with E-state index in [2.05, 4.69) is 44.5 Å². The molecule has 0 amide bonds. The maximum atomic E-state index is 7.36. The first-order valence-electron chi connectivity index (χ1n) is 11.9. The summed E-state index contributed by atoms with van der Waals surface area (Å²) in [6.45, 7) is 17.2. The van der Waals surface area contributed by atoms with Crippen LogP contribution in [-0.2, 0) is 9.47 Å². The van der Waals surface area contributed by atoms with Crippen molar-refractivity contribution in [3.63, 3.8) is 0 Å². The first-order valence-corrected chi connectivity index (χ1v) is 11.9. The van der Waals surface area contributed by atoms with Crippen LogP contribution in [0.2, 0.25) is 0 Å². The molecule has 10 atom stereocenters. The molecule has 4 bridgehead atoms. The van der Waals surface area contributed by atoms with Crippen molar-refractivity contribution < 1.29 is 9.47 Å². The van der Waals surface area contributed by atoms with Gasteiger partial charge in [-0.15, -0.1) is 26.3 Å². The lowest BCUT2D eigenvalue weighted by Crippen LogP contribution is -2.70. The summed E-state index contributed by atoms with van der Waals surface area (Å²) >= 11 is 0. The number of hydrogen-bond donors (Lipinski definition) is 0. The minimum absolute atomic E-state index is 0.0687. The summed E-state index contributed by atoms with van der Waals surface area (Å²) in [4.78, 5) is 0. The summed E-state index contributed by atoms with van der Waals surface area (Å²) in [5.41, 5.74) is 0.679. The molecule has 2 nitrogen and oxygen atoms in total. The van der Waals surface area contributed by atoms with Crippen LogP contribution in [0.5, 0.6) is 0 Å². The Morgan fingerprint density at radius 1 is 0.724 bits per heavy atom. The predicted molar refractivity (Wildman–Crippen MR) is 114 cm³/mol. The summed E-state index contributed by atoms with van der Waals surface area (Å²) in [6.07, 6.45) is 17.2. The molecule has 8 rings (SSSR count). The second kappa shape index (κ2) is 4.86. The Morgan fingerprint density at radius 3 is 2.00 bits per heavy atom. The van der Waals surface area contributed by atoms with E-state index >= 15 is 0 Å². The molecule has 0 aromatic carbocycles. The van der Waals surface area contributed by atoms with Gasteiger partial charge in [0.1, 0.15) is 0 Å². The van der Waals surface area contributed by atoms with Crippen molar-refractivity contribution in [3.8, 4) is 0 Å². The fraction of sp³-hybridized carbons (Fsp3) is 0.704. The van der Waals surface area contributed by atoms with Crippen LogP contribution in [0.4, 0.5) is 0 Å².